The van der Waals surface area contributed by atoms with Crippen LogP contribution in [0.5, 0.6) is 0 Å². The van der Waals surface area contributed by atoms with E-state index in [-0.39, 0.29) is 16.7 Å². The van der Waals surface area contributed by atoms with Crippen molar-refractivity contribution in [1.82, 2.24) is 4.90 Å². The molecule has 1 N–H and O–H groups in total. The van der Waals surface area contributed by atoms with E-state index < -0.39 is 6.10 Å². The highest BCUT2D eigenvalue weighted by Crippen LogP contribution is 2.33. The first kappa shape index (κ1) is 14.7. The summed E-state index contributed by atoms with van der Waals surface area (Å²) in [6.45, 7) is 6.22. The average molecular weight is 279 g/mol. The molecule has 1 fully saturated rings. The van der Waals surface area contributed by atoms with Crippen molar-refractivity contribution in [2.75, 3.05) is 31.6 Å². The van der Waals surface area contributed by atoms with Crippen molar-refractivity contribution in [3.63, 3.8) is 0 Å². The van der Waals surface area contributed by atoms with Crippen LogP contribution in [0, 0.1) is 10.1 Å². The van der Waals surface area contributed by atoms with Gasteiger partial charge in [-0.15, -0.1) is 0 Å². The Balaban J connectivity index is 2.38. The van der Waals surface area contributed by atoms with E-state index in [2.05, 4.69) is 23.8 Å². The normalized spacial score (nSPS) is 21.8. The van der Waals surface area contributed by atoms with Gasteiger partial charge in [0.2, 0.25) is 0 Å². The first-order chi connectivity index (χ1) is 9.40. The second kappa shape index (κ2) is 5.76. The van der Waals surface area contributed by atoms with E-state index in [0.29, 0.717) is 11.3 Å². The van der Waals surface area contributed by atoms with Crippen LogP contribution in [-0.4, -0.2) is 47.7 Å². The fourth-order valence-corrected chi connectivity index (χ4v) is 2.69. The smallest absolute Gasteiger partial charge is 0.292 e. The van der Waals surface area contributed by atoms with Crippen LogP contribution in [0.2, 0.25) is 0 Å². The third-order valence-corrected chi connectivity index (χ3v) is 3.82. The van der Waals surface area contributed by atoms with Crippen LogP contribution in [0.4, 0.5) is 11.4 Å². The Morgan fingerprint density at radius 1 is 1.45 bits per heavy atom. The lowest BCUT2D eigenvalue weighted by Crippen LogP contribution is -2.50. The Morgan fingerprint density at radius 3 is 2.70 bits per heavy atom. The summed E-state index contributed by atoms with van der Waals surface area (Å²) < 4.78 is 0. The van der Waals surface area contributed by atoms with Crippen LogP contribution in [0.15, 0.2) is 18.2 Å². The number of anilines is 1. The van der Waals surface area contributed by atoms with Gasteiger partial charge >= 0.3 is 0 Å². The van der Waals surface area contributed by atoms with E-state index >= 15 is 0 Å². The SMILES string of the molecule is CC1CN(C)CCN1c1ccc([C@@H](C)O)cc1[N+](=O)[O-]. The van der Waals surface area contributed by atoms with Crippen molar-refractivity contribution in [2.45, 2.75) is 26.0 Å². The van der Waals surface area contributed by atoms with Crippen LogP contribution in [-0.2, 0) is 0 Å². The number of piperazine rings is 1. The maximum absolute atomic E-state index is 11.3. The summed E-state index contributed by atoms with van der Waals surface area (Å²) in [6, 6.07) is 5.22. The molecule has 2 atom stereocenters. The van der Waals surface area contributed by atoms with Gasteiger partial charge in [-0.05, 0) is 32.5 Å². The molecule has 1 unspecified atom stereocenters. The molecule has 0 amide bonds. The third-order valence-electron chi connectivity index (χ3n) is 3.82. The minimum Gasteiger partial charge on any atom is -0.389 e. The summed E-state index contributed by atoms with van der Waals surface area (Å²) in [6.07, 6.45) is -0.701. The average Bonchev–Trinajstić information content (AvgIpc) is 2.38. The summed E-state index contributed by atoms with van der Waals surface area (Å²) >= 11 is 0. The number of likely N-dealkylation sites (N-methyl/N-ethyl adjacent to an activating group) is 1. The molecule has 1 aromatic carbocycles. The number of benzene rings is 1. The minimum atomic E-state index is -0.701. The largest absolute Gasteiger partial charge is 0.389 e. The second-order valence-electron chi connectivity index (χ2n) is 5.49. The van der Waals surface area contributed by atoms with Gasteiger partial charge in [0.25, 0.3) is 5.69 Å². The molecule has 1 aliphatic rings. The fourth-order valence-electron chi connectivity index (χ4n) is 2.69. The third kappa shape index (κ3) is 2.91. The van der Waals surface area contributed by atoms with Crippen LogP contribution in [0.25, 0.3) is 0 Å². The lowest BCUT2D eigenvalue weighted by molar-refractivity contribution is -0.384. The van der Waals surface area contributed by atoms with E-state index in [4.69, 9.17) is 0 Å². The van der Waals surface area contributed by atoms with Gasteiger partial charge in [-0.2, -0.15) is 0 Å². The molecule has 0 radical (unpaired) electrons. The van der Waals surface area contributed by atoms with Gasteiger partial charge in [-0.3, -0.25) is 10.1 Å². The van der Waals surface area contributed by atoms with Crippen molar-refractivity contribution in [3.05, 3.63) is 33.9 Å². The van der Waals surface area contributed by atoms with Crippen LogP contribution >= 0.6 is 0 Å². The Labute approximate surface area is 118 Å². The standard InChI is InChI=1S/C14H21N3O3/c1-10-9-15(3)6-7-16(10)13-5-4-12(11(2)18)8-14(13)17(19)20/h4-5,8,10-11,18H,6-7,9H2,1-3H3/t10?,11-/m1/s1. The predicted molar refractivity (Wildman–Crippen MR) is 78.0 cm³/mol. The highest BCUT2D eigenvalue weighted by atomic mass is 16.6. The first-order valence-corrected chi connectivity index (χ1v) is 6.81. The zero-order valence-corrected chi connectivity index (χ0v) is 12.1. The highest BCUT2D eigenvalue weighted by Gasteiger charge is 2.27. The molecule has 1 heterocycles. The first-order valence-electron chi connectivity index (χ1n) is 6.81. The summed E-state index contributed by atoms with van der Waals surface area (Å²) in [7, 11) is 2.05. The lowest BCUT2D eigenvalue weighted by atomic mass is 10.1. The van der Waals surface area contributed by atoms with Crippen molar-refractivity contribution < 1.29 is 10.0 Å². The molecule has 0 aromatic heterocycles. The number of aliphatic hydroxyl groups is 1. The summed E-state index contributed by atoms with van der Waals surface area (Å²) in [5, 5.41) is 20.9. The van der Waals surface area contributed by atoms with Crippen LogP contribution in [0.3, 0.4) is 0 Å². The molecule has 1 aliphatic heterocycles. The summed E-state index contributed by atoms with van der Waals surface area (Å²) in [4.78, 5) is 15.2. The predicted octanol–water partition coefficient (Wildman–Crippen LogP) is 1.79. The molecule has 20 heavy (non-hydrogen) atoms. The molecular formula is C14H21N3O3. The number of nitrogens with zero attached hydrogens (tertiary/aromatic N) is 3. The van der Waals surface area contributed by atoms with Crippen LogP contribution < -0.4 is 4.90 Å². The second-order valence-corrected chi connectivity index (χ2v) is 5.49. The van der Waals surface area contributed by atoms with E-state index in [1.807, 2.05) is 0 Å². The molecule has 0 aliphatic carbocycles. The summed E-state index contributed by atoms with van der Waals surface area (Å²) in [5.74, 6) is 0. The van der Waals surface area contributed by atoms with Crippen molar-refractivity contribution in [1.29, 1.82) is 0 Å². The van der Waals surface area contributed by atoms with Crippen molar-refractivity contribution >= 4 is 11.4 Å². The minimum absolute atomic E-state index is 0.0693. The number of nitro benzene ring substituents is 1. The molecular weight excluding hydrogens is 258 g/mol. The number of hydrogen-bond acceptors (Lipinski definition) is 5. The zero-order chi connectivity index (χ0) is 14.9. The molecule has 6 nitrogen and oxygen atoms in total. The fraction of sp³-hybridized carbons (Fsp3) is 0.571. The highest BCUT2D eigenvalue weighted by molar-refractivity contribution is 5.65. The van der Waals surface area contributed by atoms with Gasteiger partial charge in [0.1, 0.15) is 5.69 Å². The Kier molecular flexibility index (Phi) is 4.25. The molecule has 1 aromatic rings. The topological polar surface area (TPSA) is 69.8 Å². The molecule has 110 valence electrons. The molecule has 2 rings (SSSR count). The van der Waals surface area contributed by atoms with E-state index in [1.54, 1.807) is 19.1 Å². The summed E-state index contributed by atoms with van der Waals surface area (Å²) in [5.41, 5.74) is 1.28. The van der Waals surface area contributed by atoms with Gasteiger partial charge in [0.15, 0.2) is 0 Å². The maximum atomic E-state index is 11.3. The number of hydrogen-bond donors (Lipinski definition) is 1. The van der Waals surface area contributed by atoms with Crippen LogP contribution in [0.1, 0.15) is 25.5 Å². The van der Waals surface area contributed by atoms with Gasteiger partial charge < -0.3 is 14.9 Å². The monoisotopic (exact) mass is 279 g/mol. The molecule has 6 heteroatoms. The van der Waals surface area contributed by atoms with E-state index in [9.17, 15) is 15.2 Å². The van der Waals surface area contributed by atoms with Gasteiger partial charge in [0.05, 0.1) is 11.0 Å². The van der Waals surface area contributed by atoms with Gasteiger partial charge in [0, 0.05) is 31.7 Å². The molecule has 0 saturated carbocycles. The number of rotatable bonds is 3. The number of nitro groups is 1. The molecule has 0 spiro atoms. The quantitative estimate of drug-likeness (QED) is 0.674. The lowest BCUT2D eigenvalue weighted by Gasteiger charge is -2.39. The maximum Gasteiger partial charge on any atom is 0.292 e. The van der Waals surface area contributed by atoms with E-state index in [1.165, 1.54) is 6.07 Å². The Morgan fingerprint density at radius 2 is 2.15 bits per heavy atom. The molecule has 1 saturated heterocycles. The zero-order valence-electron chi connectivity index (χ0n) is 12.1. The molecule has 0 bridgehead atoms. The van der Waals surface area contributed by atoms with Gasteiger partial charge in [-0.25, -0.2) is 0 Å². The number of aliphatic hydroxyl groups excluding tert-OH is 1. The Hall–Kier alpha value is -1.66. The van der Waals surface area contributed by atoms with E-state index in [0.717, 1.165) is 19.6 Å². The van der Waals surface area contributed by atoms with Crippen molar-refractivity contribution in [2.24, 2.45) is 0 Å². The Bertz CT molecular complexity index is 504. The van der Waals surface area contributed by atoms with Crippen molar-refractivity contribution in [3.8, 4) is 0 Å². The van der Waals surface area contributed by atoms with Gasteiger partial charge in [-0.1, -0.05) is 6.07 Å².